The number of aromatic hydroxyl groups is 1. The van der Waals surface area contributed by atoms with E-state index in [-0.39, 0.29) is 29.5 Å². The van der Waals surface area contributed by atoms with Crippen LogP contribution in [0.15, 0.2) is 18.2 Å². The number of thiocarbonyl (C=S) groups is 1. The second kappa shape index (κ2) is 6.55. The number of amides is 1. The molecule has 0 aliphatic rings. The van der Waals surface area contributed by atoms with Crippen LogP contribution in [0, 0.1) is 0 Å². The minimum absolute atomic E-state index is 0.0543. The molecule has 0 atom stereocenters. The maximum Gasteiger partial charge on any atom is 0.407 e. The molecular weight excluding hydrogens is 272 g/mol. The van der Waals surface area contributed by atoms with Crippen molar-refractivity contribution in [2.45, 2.75) is 6.54 Å². The van der Waals surface area contributed by atoms with Gasteiger partial charge in [-0.3, -0.25) is 0 Å². The molecule has 102 valence electrons. The Morgan fingerprint density at radius 1 is 1.42 bits per heavy atom. The van der Waals surface area contributed by atoms with Crippen LogP contribution >= 0.6 is 12.2 Å². The van der Waals surface area contributed by atoms with Gasteiger partial charge in [0.2, 0.25) is 0 Å². The topological polar surface area (TPSA) is 122 Å². The number of ether oxygens (including phenoxy) is 1. The van der Waals surface area contributed by atoms with Gasteiger partial charge >= 0.3 is 12.1 Å². The Hall–Kier alpha value is -2.35. The lowest BCUT2D eigenvalue weighted by Gasteiger charge is -2.07. The predicted octanol–water partition coefficient (Wildman–Crippen LogP) is 0.603. The van der Waals surface area contributed by atoms with Crippen molar-refractivity contribution >= 4 is 29.3 Å². The fourth-order valence-corrected chi connectivity index (χ4v) is 1.29. The van der Waals surface area contributed by atoms with Crippen LogP contribution in [-0.4, -0.2) is 33.9 Å². The van der Waals surface area contributed by atoms with Gasteiger partial charge in [-0.2, -0.15) is 0 Å². The standard InChI is InChI=1S/C11H12N2O5S/c12-9(19)5-18-11(17)13-4-6-1-2-7(10(15)16)8(14)3-6/h1-3,14H,4-5H2,(H2,12,19)(H,13,17)(H,15,16). The number of hydrogen-bond acceptors (Lipinski definition) is 5. The monoisotopic (exact) mass is 284 g/mol. The highest BCUT2D eigenvalue weighted by Gasteiger charge is 2.10. The summed E-state index contributed by atoms with van der Waals surface area (Å²) < 4.78 is 4.64. The highest BCUT2D eigenvalue weighted by Crippen LogP contribution is 2.18. The number of benzene rings is 1. The number of hydrogen-bond donors (Lipinski definition) is 4. The van der Waals surface area contributed by atoms with E-state index >= 15 is 0 Å². The Kier molecular flexibility index (Phi) is 5.07. The molecule has 0 spiro atoms. The molecule has 5 N–H and O–H groups in total. The molecule has 0 unspecified atom stereocenters. The van der Waals surface area contributed by atoms with Crippen LogP contribution in [-0.2, 0) is 11.3 Å². The number of carbonyl (C=O) groups is 2. The first-order chi connectivity index (χ1) is 8.90. The second-order valence-corrected chi connectivity index (χ2v) is 4.08. The summed E-state index contributed by atoms with van der Waals surface area (Å²) in [4.78, 5) is 21.9. The van der Waals surface area contributed by atoms with Gasteiger partial charge in [-0.1, -0.05) is 18.3 Å². The SMILES string of the molecule is NC(=S)COC(=O)NCc1ccc(C(=O)O)c(O)c1. The third-order valence-electron chi connectivity index (χ3n) is 2.07. The van der Waals surface area contributed by atoms with Gasteiger partial charge in [0.25, 0.3) is 0 Å². The van der Waals surface area contributed by atoms with E-state index in [0.29, 0.717) is 5.56 Å². The zero-order chi connectivity index (χ0) is 14.4. The summed E-state index contributed by atoms with van der Waals surface area (Å²) >= 11 is 4.53. The normalized spacial score (nSPS) is 9.68. The van der Waals surface area contributed by atoms with Crippen molar-refractivity contribution < 1.29 is 24.5 Å². The van der Waals surface area contributed by atoms with Crippen molar-refractivity contribution in [1.82, 2.24) is 5.32 Å². The van der Waals surface area contributed by atoms with Crippen LogP contribution in [0.25, 0.3) is 0 Å². The molecule has 1 rings (SSSR count). The van der Waals surface area contributed by atoms with E-state index in [1.165, 1.54) is 18.2 Å². The highest BCUT2D eigenvalue weighted by atomic mass is 32.1. The first-order valence-corrected chi connectivity index (χ1v) is 5.55. The summed E-state index contributed by atoms with van der Waals surface area (Å²) in [5.41, 5.74) is 5.47. The summed E-state index contributed by atoms with van der Waals surface area (Å²) in [6.45, 7) is -0.0893. The minimum atomic E-state index is -1.23. The molecule has 0 bridgehead atoms. The molecule has 1 aromatic rings. The smallest absolute Gasteiger partial charge is 0.407 e. The van der Waals surface area contributed by atoms with Crippen molar-refractivity contribution in [3.8, 4) is 5.75 Å². The van der Waals surface area contributed by atoms with Gasteiger partial charge in [0, 0.05) is 6.54 Å². The zero-order valence-electron chi connectivity index (χ0n) is 9.75. The van der Waals surface area contributed by atoms with Gasteiger partial charge in [0.05, 0.1) is 0 Å². The molecule has 0 saturated carbocycles. The minimum Gasteiger partial charge on any atom is -0.507 e. The van der Waals surface area contributed by atoms with E-state index in [1.807, 2.05) is 0 Å². The van der Waals surface area contributed by atoms with Crippen LogP contribution in [0.5, 0.6) is 5.75 Å². The van der Waals surface area contributed by atoms with E-state index in [4.69, 9.17) is 10.8 Å². The Morgan fingerprint density at radius 3 is 2.63 bits per heavy atom. The molecular formula is C11H12N2O5S. The molecule has 7 nitrogen and oxygen atoms in total. The lowest BCUT2D eigenvalue weighted by molar-refractivity contribution is 0.0693. The second-order valence-electron chi connectivity index (χ2n) is 3.55. The van der Waals surface area contributed by atoms with Gasteiger partial charge in [-0.05, 0) is 17.7 Å². The number of phenols is 1. The van der Waals surface area contributed by atoms with Crippen LogP contribution in [0.4, 0.5) is 4.79 Å². The van der Waals surface area contributed by atoms with Gasteiger partial charge < -0.3 is 26.0 Å². The third kappa shape index (κ3) is 4.80. The Bertz CT molecular complexity index is 518. The summed E-state index contributed by atoms with van der Waals surface area (Å²) in [5.74, 6) is -1.60. The predicted molar refractivity (Wildman–Crippen MR) is 70.0 cm³/mol. The number of rotatable bonds is 5. The van der Waals surface area contributed by atoms with Crippen LogP contribution in [0.1, 0.15) is 15.9 Å². The number of carbonyl (C=O) groups excluding carboxylic acids is 1. The average Bonchev–Trinajstić information content (AvgIpc) is 2.33. The van der Waals surface area contributed by atoms with Crippen LogP contribution in [0.3, 0.4) is 0 Å². The van der Waals surface area contributed by atoms with Crippen molar-refractivity contribution in [2.75, 3.05) is 6.61 Å². The average molecular weight is 284 g/mol. The largest absolute Gasteiger partial charge is 0.507 e. The van der Waals surface area contributed by atoms with Crippen LogP contribution < -0.4 is 11.1 Å². The lowest BCUT2D eigenvalue weighted by atomic mass is 10.1. The van der Waals surface area contributed by atoms with E-state index in [1.54, 1.807) is 0 Å². The Labute approximate surface area is 114 Å². The Balaban J connectivity index is 2.54. The van der Waals surface area contributed by atoms with Gasteiger partial charge in [0.15, 0.2) is 0 Å². The fraction of sp³-hybridized carbons (Fsp3) is 0.182. The van der Waals surface area contributed by atoms with Gasteiger partial charge in [0.1, 0.15) is 22.9 Å². The van der Waals surface area contributed by atoms with E-state index in [2.05, 4.69) is 22.3 Å². The Morgan fingerprint density at radius 2 is 2.11 bits per heavy atom. The lowest BCUT2D eigenvalue weighted by Crippen LogP contribution is -2.27. The van der Waals surface area contributed by atoms with Crippen molar-refractivity contribution in [1.29, 1.82) is 0 Å². The highest BCUT2D eigenvalue weighted by molar-refractivity contribution is 7.80. The first-order valence-electron chi connectivity index (χ1n) is 5.14. The number of nitrogens with two attached hydrogens (primary N) is 1. The number of carboxylic acid groups (broad SMARTS) is 1. The molecule has 8 heteroatoms. The molecule has 0 saturated heterocycles. The first kappa shape index (κ1) is 14.7. The summed E-state index contributed by atoms with van der Waals surface area (Å²) in [5, 5.41) is 20.6. The molecule has 0 radical (unpaired) electrons. The third-order valence-corrected chi connectivity index (χ3v) is 2.19. The molecule has 19 heavy (non-hydrogen) atoms. The molecule has 1 aromatic carbocycles. The number of aromatic carboxylic acids is 1. The molecule has 0 fully saturated rings. The van der Waals surface area contributed by atoms with E-state index in [9.17, 15) is 14.7 Å². The van der Waals surface area contributed by atoms with Crippen molar-refractivity contribution in [2.24, 2.45) is 5.73 Å². The number of carboxylic acids is 1. The summed E-state index contributed by atoms with van der Waals surface area (Å²) in [6, 6.07) is 3.96. The van der Waals surface area contributed by atoms with Gasteiger partial charge in [-0.15, -0.1) is 0 Å². The maximum atomic E-state index is 11.2. The molecule has 1 amide bonds. The summed E-state index contributed by atoms with van der Waals surface area (Å²) in [6.07, 6.45) is -0.713. The maximum absolute atomic E-state index is 11.2. The van der Waals surface area contributed by atoms with Gasteiger partial charge in [-0.25, -0.2) is 9.59 Å². The number of nitrogens with one attached hydrogen (secondary N) is 1. The zero-order valence-corrected chi connectivity index (χ0v) is 10.6. The summed E-state index contributed by atoms with van der Waals surface area (Å²) in [7, 11) is 0. The molecule has 0 aliphatic heterocycles. The van der Waals surface area contributed by atoms with Crippen molar-refractivity contribution in [3.05, 3.63) is 29.3 Å². The molecule has 0 heterocycles. The fourth-order valence-electron chi connectivity index (χ4n) is 1.23. The van der Waals surface area contributed by atoms with Crippen LogP contribution in [0.2, 0.25) is 0 Å². The van der Waals surface area contributed by atoms with Crippen molar-refractivity contribution in [3.63, 3.8) is 0 Å². The number of alkyl carbamates (subject to hydrolysis) is 1. The molecule has 0 aromatic heterocycles. The van der Waals surface area contributed by atoms with E-state index < -0.39 is 12.1 Å². The quantitative estimate of drug-likeness (QED) is 0.584. The van der Waals surface area contributed by atoms with E-state index in [0.717, 1.165) is 0 Å². The molecule has 0 aliphatic carbocycles.